The Kier molecular flexibility index (Phi) is 0.909. The van der Waals surface area contributed by atoms with Gasteiger partial charge in [0.2, 0.25) is 0 Å². The highest BCUT2D eigenvalue weighted by Gasteiger charge is 2.12. The minimum atomic E-state index is -2.92. The highest BCUT2D eigenvalue weighted by molar-refractivity contribution is 9.10. The number of hydrogen-bond donors (Lipinski definition) is 1. The van der Waals surface area contributed by atoms with E-state index < -0.39 is 26.0 Å². The van der Waals surface area contributed by atoms with Gasteiger partial charge < -0.3 is 10.2 Å². The SMILES string of the molecule is [2H]c1sc(N2C([2H])([2H])C([2H])([2H])NC([2H])([2H])C2([2H])[2H])nc1Br. The summed E-state index contributed by atoms with van der Waals surface area (Å²) in [5, 5.41) is 1.30. The van der Waals surface area contributed by atoms with Crippen LogP contribution in [0.25, 0.3) is 0 Å². The van der Waals surface area contributed by atoms with E-state index in [0.717, 1.165) is 0 Å². The lowest BCUT2D eigenvalue weighted by molar-refractivity contribution is 0.588. The predicted octanol–water partition coefficient (Wildman–Crippen LogP) is 1.32. The van der Waals surface area contributed by atoms with Gasteiger partial charge in [-0.15, -0.1) is 11.3 Å². The van der Waals surface area contributed by atoms with E-state index in [1.807, 2.05) is 0 Å². The summed E-state index contributed by atoms with van der Waals surface area (Å²) < 4.78 is 69.7. The van der Waals surface area contributed by atoms with Crippen molar-refractivity contribution in [2.45, 2.75) is 0 Å². The van der Waals surface area contributed by atoms with Crippen molar-refractivity contribution in [3.8, 4) is 0 Å². The largest absolute Gasteiger partial charge is 0.346 e. The van der Waals surface area contributed by atoms with Gasteiger partial charge in [0.1, 0.15) is 4.60 Å². The van der Waals surface area contributed by atoms with Crippen molar-refractivity contribution in [3.63, 3.8) is 0 Å². The third-order valence-electron chi connectivity index (χ3n) is 1.07. The van der Waals surface area contributed by atoms with Gasteiger partial charge >= 0.3 is 0 Å². The van der Waals surface area contributed by atoms with Crippen LogP contribution in [0.15, 0.2) is 9.96 Å². The van der Waals surface area contributed by atoms with Gasteiger partial charge in [0.25, 0.3) is 0 Å². The Balaban J connectivity index is 2.67. The molecule has 0 atom stereocenters. The van der Waals surface area contributed by atoms with Crippen molar-refractivity contribution in [2.75, 3.05) is 30.9 Å². The molecule has 1 aliphatic heterocycles. The Morgan fingerprint density at radius 2 is 2.50 bits per heavy atom. The molecule has 0 aliphatic carbocycles. The summed E-state index contributed by atoms with van der Waals surface area (Å²) in [6.45, 7) is -11.6. The van der Waals surface area contributed by atoms with Crippen molar-refractivity contribution in [1.29, 1.82) is 0 Å². The van der Waals surface area contributed by atoms with E-state index in [-0.39, 0.29) is 15.1 Å². The standard InChI is InChI=1S/C7H10BrN3S/c8-6-5-12-7(10-6)11-3-1-9-2-4-11/h5,9H,1-4H2/i1D2,2D2,3D2,4D2,5D. The number of piperazine rings is 1. The van der Waals surface area contributed by atoms with Crippen molar-refractivity contribution < 1.29 is 12.3 Å². The van der Waals surface area contributed by atoms with Crippen LogP contribution in [0.1, 0.15) is 12.3 Å². The van der Waals surface area contributed by atoms with Gasteiger partial charge in [-0.05, 0) is 15.9 Å². The summed E-state index contributed by atoms with van der Waals surface area (Å²) in [6.07, 6.45) is 0. The fraction of sp³-hybridized carbons (Fsp3) is 0.571. The fourth-order valence-corrected chi connectivity index (χ4v) is 1.70. The zero-order chi connectivity index (χ0) is 16.4. The maximum atomic E-state index is 7.87. The Bertz CT molecular complexity index is 528. The number of thiazole rings is 1. The molecule has 1 saturated heterocycles. The first-order valence-corrected chi connectivity index (χ1v) is 4.57. The van der Waals surface area contributed by atoms with E-state index >= 15 is 0 Å². The maximum Gasteiger partial charge on any atom is 0.186 e. The summed E-state index contributed by atoms with van der Waals surface area (Å²) in [7, 11) is 0. The van der Waals surface area contributed by atoms with E-state index in [1.54, 1.807) is 5.32 Å². The fourth-order valence-electron chi connectivity index (χ4n) is 0.636. The van der Waals surface area contributed by atoms with Crippen molar-refractivity contribution in [2.24, 2.45) is 0 Å². The minimum absolute atomic E-state index is 0.0498. The molecule has 1 aromatic rings. The van der Waals surface area contributed by atoms with Crippen LogP contribution in [-0.4, -0.2) is 31.0 Å². The smallest absolute Gasteiger partial charge is 0.186 e. The molecule has 3 nitrogen and oxygen atoms in total. The van der Waals surface area contributed by atoms with Gasteiger partial charge in [0, 0.05) is 36.8 Å². The number of hydrogen-bond acceptors (Lipinski definition) is 4. The first kappa shape index (κ1) is 2.93. The number of rotatable bonds is 1. The molecule has 2 heterocycles. The van der Waals surface area contributed by atoms with E-state index in [9.17, 15) is 0 Å². The third-order valence-corrected chi connectivity index (χ3v) is 2.46. The van der Waals surface area contributed by atoms with E-state index in [0.29, 0.717) is 16.2 Å². The molecular formula is C7H10BrN3S. The monoisotopic (exact) mass is 256 g/mol. The number of aromatic nitrogens is 1. The molecule has 0 amide bonds. The van der Waals surface area contributed by atoms with Gasteiger partial charge in [-0.1, -0.05) is 0 Å². The summed E-state index contributed by atoms with van der Waals surface area (Å²) >= 11 is 3.57. The van der Waals surface area contributed by atoms with E-state index in [4.69, 9.17) is 12.3 Å². The molecule has 66 valence electrons. The summed E-state index contributed by atoms with van der Waals surface area (Å²) in [4.78, 5) is 4.10. The van der Waals surface area contributed by atoms with Gasteiger partial charge in [0.15, 0.2) is 5.13 Å². The van der Waals surface area contributed by atoms with Crippen LogP contribution in [0.5, 0.6) is 0 Å². The molecule has 0 spiro atoms. The molecular weight excluding hydrogens is 238 g/mol. The molecule has 0 radical (unpaired) electrons. The quantitative estimate of drug-likeness (QED) is 0.822. The van der Waals surface area contributed by atoms with Crippen LogP contribution in [0, 0.1) is 0 Å². The second kappa shape index (κ2) is 3.72. The zero-order valence-corrected chi connectivity index (χ0v) is 8.08. The maximum absolute atomic E-state index is 7.87. The topological polar surface area (TPSA) is 28.2 Å². The van der Waals surface area contributed by atoms with Gasteiger partial charge in [-0.3, -0.25) is 0 Å². The van der Waals surface area contributed by atoms with Gasteiger partial charge in [-0.2, -0.15) is 0 Å². The number of halogens is 1. The van der Waals surface area contributed by atoms with Crippen LogP contribution in [0.4, 0.5) is 5.13 Å². The highest BCUT2D eigenvalue weighted by Crippen LogP contribution is 2.23. The lowest BCUT2D eigenvalue weighted by Crippen LogP contribution is -2.43. The van der Waals surface area contributed by atoms with Crippen molar-refractivity contribution >= 4 is 32.4 Å². The molecule has 5 heteroatoms. The molecule has 0 aromatic carbocycles. The Hall–Kier alpha value is -0.130. The van der Waals surface area contributed by atoms with Crippen molar-refractivity contribution in [3.05, 3.63) is 9.96 Å². The normalized spacial score (nSPS) is 46.1. The Labute approximate surface area is 96.6 Å². The summed E-state index contributed by atoms with van der Waals surface area (Å²) in [5.41, 5.74) is 0. The van der Waals surface area contributed by atoms with E-state index in [1.165, 1.54) is 0 Å². The third kappa shape index (κ3) is 1.78. The molecule has 0 bridgehead atoms. The highest BCUT2D eigenvalue weighted by atomic mass is 79.9. The second-order valence-electron chi connectivity index (χ2n) is 1.82. The average molecular weight is 257 g/mol. The second-order valence-corrected chi connectivity index (χ2v) is 3.35. The van der Waals surface area contributed by atoms with Gasteiger partial charge in [-0.25, -0.2) is 4.98 Å². The Morgan fingerprint density at radius 1 is 1.75 bits per heavy atom. The predicted molar refractivity (Wildman–Crippen MR) is 54.9 cm³/mol. The summed E-state index contributed by atoms with van der Waals surface area (Å²) in [6, 6.07) is 0. The van der Waals surface area contributed by atoms with E-state index in [2.05, 4.69) is 20.9 Å². The van der Waals surface area contributed by atoms with Crippen LogP contribution in [0.2, 0.25) is 0 Å². The van der Waals surface area contributed by atoms with Crippen LogP contribution >= 0.6 is 27.3 Å². The first-order valence-electron chi connectivity index (χ1n) is 7.47. The molecule has 1 N–H and O–H groups in total. The zero-order valence-electron chi connectivity index (χ0n) is 14.7. The molecule has 1 aromatic heterocycles. The Morgan fingerprint density at radius 3 is 3.08 bits per heavy atom. The number of nitrogens with one attached hydrogen (secondary N) is 1. The first-order chi connectivity index (χ1) is 9.24. The van der Waals surface area contributed by atoms with Crippen LogP contribution < -0.4 is 10.2 Å². The van der Waals surface area contributed by atoms with Gasteiger partial charge in [0.05, 0.1) is 6.85 Å². The lowest BCUT2D eigenvalue weighted by Gasteiger charge is -2.26. The molecule has 2 rings (SSSR count). The number of nitrogens with zero attached hydrogens (tertiary/aromatic N) is 2. The summed E-state index contributed by atoms with van der Waals surface area (Å²) in [5.74, 6) is 0. The van der Waals surface area contributed by atoms with Crippen LogP contribution in [0.3, 0.4) is 0 Å². The molecule has 1 fully saturated rings. The molecule has 1 aliphatic rings. The number of anilines is 1. The minimum Gasteiger partial charge on any atom is -0.346 e. The molecule has 0 unspecified atom stereocenters. The van der Waals surface area contributed by atoms with Crippen LogP contribution in [-0.2, 0) is 0 Å². The van der Waals surface area contributed by atoms with Crippen molar-refractivity contribution in [1.82, 2.24) is 10.3 Å². The molecule has 0 saturated carbocycles. The average Bonchev–Trinajstić information content (AvgIpc) is 2.54. The molecule has 12 heavy (non-hydrogen) atoms. The lowest BCUT2D eigenvalue weighted by atomic mass is 10.4.